The number of urea groups is 1. The molecule has 2 saturated heterocycles. The molecule has 12 heteroatoms. The van der Waals surface area contributed by atoms with Crippen molar-refractivity contribution in [1.82, 2.24) is 35.3 Å². The number of carbonyl (C=O) groups excluding carboxylic acids is 1. The summed E-state index contributed by atoms with van der Waals surface area (Å²) in [5.74, 6) is 0.613. The Kier molecular flexibility index (Phi) is 7.72. The van der Waals surface area contributed by atoms with Gasteiger partial charge in [-0.1, -0.05) is 32.9 Å². The fourth-order valence-electron chi connectivity index (χ4n) is 5.26. The molecule has 4 heterocycles. The predicted molar refractivity (Wildman–Crippen MR) is 146 cm³/mol. The fraction of sp³-hybridized carbons (Fsp3) is 0.500. The second-order valence-electron chi connectivity index (χ2n) is 11.6. The molecule has 0 saturated carbocycles. The summed E-state index contributed by atoms with van der Waals surface area (Å²) in [6.45, 7) is 9.18. The maximum Gasteiger partial charge on any atom is 0.416 e. The standard InChI is InChI=1S/C28H35F3N8O/c1-27(2,3)20-8-11-38(16-20)26(40)34-13-19-5-4-18(12-23(19)28(29,30)31)24-7-10-33-25(37-24)36-21-14-35-39(17-21)22-6-9-32-15-22/h4-5,7,10,12,14,17,20,22,32H,6,8-9,11,13,15-16H2,1-3H3,(H,34,40)(H,33,36,37). The average molecular weight is 557 g/mol. The number of carbonyl (C=O) groups is 1. The molecule has 2 atom stereocenters. The first-order valence-electron chi connectivity index (χ1n) is 13.6. The third-order valence-electron chi connectivity index (χ3n) is 7.76. The Morgan fingerprint density at radius 3 is 2.70 bits per heavy atom. The van der Waals surface area contributed by atoms with Gasteiger partial charge in [0.1, 0.15) is 0 Å². The van der Waals surface area contributed by atoms with Gasteiger partial charge in [-0.3, -0.25) is 4.68 Å². The molecule has 2 aromatic heterocycles. The van der Waals surface area contributed by atoms with Crippen molar-refractivity contribution in [3.8, 4) is 11.3 Å². The van der Waals surface area contributed by atoms with Crippen LogP contribution in [0.15, 0.2) is 42.9 Å². The number of anilines is 2. The molecule has 2 amide bonds. The molecule has 2 aliphatic heterocycles. The van der Waals surface area contributed by atoms with E-state index in [0.29, 0.717) is 36.0 Å². The van der Waals surface area contributed by atoms with Crippen LogP contribution in [0.1, 0.15) is 50.8 Å². The highest BCUT2D eigenvalue weighted by molar-refractivity contribution is 5.74. The van der Waals surface area contributed by atoms with Crippen molar-refractivity contribution in [1.29, 1.82) is 0 Å². The van der Waals surface area contributed by atoms with Crippen LogP contribution in [0.2, 0.25) is 0 Å². The molecular weight excluding hydrogens is 521 g/mol. The number of aromatic nitrogens is 4. The predicted octanol–water partition coefficient (Wildman–Crippen LogP) is 5.21. The summed E-state index contributed by atoms with van der Waals surface area (Å²) < 4.78 is 44.1. The minimum absolute atomic E-state index is 0.00242. The van der Waals surface area contributed by atoms with Crippen LogP contribution in [0.25, 0.3) is 11.3 Å². The van der Waals surface area contributed by atoms with Crippen molar-refractivity contribution in [2.75, 3.05) is 31.5 Å². The normalized spacial score (nSPS) is 19.7. The maximum absolute atomic E-state index is 14.1. The van der Waals surface area contributed by atoms with E-state index in [-0.39, 0.29) is 35.5 Å². The zero-order valence-electron chi connectivity index (χ0n) is 22.9. The Labute approximate surface area is 231 Å². The maximum atomic E-state index is 14.1. The second-order valence-corrected chi connectivity index (χ2v) is 11.6. The van der Waals surface area contributed by atoms with Crippen LogP contribution in [0.5, 0.6) is 0 Å². The van der Waals surface area contributed by atoms with E-state index in [2.05, 4.69) is 51.8 Å². The Hall–Kier alpha value is -3.67. The third-order valence-corrected chi connectivity index (χ3v) is 7.76. The van der Waals surface area contributed by atoms with E-state index in [1.165, 1.54) is 12.3 Å². The topological polar surface area (TPSA) is 100 Å². The van der Waals surface area contributed by atoms with Crippen LogP contribution in [0.4, 0.5) is 29.6 Å². The molecule has 2 unspecified atom stereocenters. The quantitative estimate of drug-likeness (QED) is 0.385. The highest BCUT2D eigenvalue weighted by Crippen LogP contribution is 2.36. The third kappa shape index (κ3) is 6.38. The van der Waals surface area contributed by atoms with Crippen molar-refractivity contribution >= 4 is 17.7 Å². The minimum Gasteiger partial charge on any atom is -0.334 e. The number of hydrogen-bond donors (Lipinski definition) is 3. The van der Waals surface area contributed by atoms with E-state index in [4.69, 9.17) is 0 Å². The Morgan fingerprint density at radius 2 is 2.00 bits per heavy atom. The number of hydrogen-bond acceptors (Lipinski definition) is 6. The van der Waals surface area contributed by atoms with Gasteiger partial charge in [0.15, 0.2) is 0 Å². The van der Waals surface area contributed by atoms with E-state index in [1.807, 2.05) is 10.9 Å². The number of benzene rings is 1. The SMILES string of the molecule is CC(C)(C)C1CCN(C(=O)NCc2ccc(-c3ccnc(Nc4cnn(C5CCNC5)c4)n3)cc2C(F)(F)F)C1. The Morgan fingerprint density at radius 1 is 1.18 bits per heavy atom. The van der Waals surface area contributed by atoms with E-state index in [9.17, 15) is 18.0 Å². The van der Waals surface area contributed by atoms with Gasteiger partial charge < -0.3 is 20.9 Å². The molecule has 214 valence electrons. The van der Waals surface area contributed by atoms with E-state index < -0.39 is 11.7 Å². The largest absolute Gasteiger partial charge is 0.416 e. The lowest BCUT2D eigenvalue weighted by atomic mass is 9.80. The molecule has 0 bridgehead atoms. The zero-order valence-corrected chi connectivity index (χ0v) is 22.9. The summed E-state index contributed by atoms with van der Waals surface area (Å²) in [6.07, 6.45) is 2.31. The van der Waals surface area contributed by atoms with Crippen molar-refractivity contribution < 1.29 is 18.0 Å². The summed E-state index contributed by atoms with van der Waals surface area (Å²) >= 11 is 0. The number of likely N-dealkylation sites (tertiary alicyclic amines) is 1. The molecule has 2 aliphatic rings. The first-order valence-corrected chi connectivity index (χ1v) is 13.6. The van der Waals surface area contributed by atoms with E-state index in [1.54, 1.807) is 23.2 Å². The highest BCUT2D eigenvalue weighted by Gasteiger charge is 2.35. The molecule has 9 nitrogen and oxygen atoms in total. The molecule has 0 radical (unpaired) electrons. The summed E-state index contributed by atoms with van der Waals surface area (Å²) in [4.78, 5) is 23.0. The van der Waals surface area contributed by atoms with Crippen LogP contribution >= 0.6 is 0 Å². The lowest BCUT2D eigenvalue weighted by Crippen LogP contribution is -2.39. The Bertz CT molecular complexity index is 1340. The molecule has 3 aromatic rings. The van der Waals surface area contributed by atoms with Gasteiger partial charge in [0.25, 0.3) is 0 Å². The smallest absolute Gasteiger partial charge is 0.334 e. The van der Waals surface area contributed by atoms with Crippen LogP contribution in [0.3, 0.4) is 0 Å². The lowest BCUT2D eigenvalue weighted by molar-refractivity contribution is -0.138. The van der Waals surface area contributed by atoms with Gasteiger partial charge in [0.2, 0.25) is 5.95 Å². The van der Waals surface area contributed by atoms with Crippen LogP contribution < -0.4 is 16.0 Å². The molecule has 1 aromatic carbocycles. The van der Waals surface area contributed by atoms with Gasteiger partial charge in [-0.25, -0.2) is 14.8 Å². The molecule has 0 spiro atoms. The van der Waals surface area contributed by atoms with E-state index in [0.717, 1.165) is 32.0 Å². The van der Waals surface area contributed by atoms with Gasteiger partial charge in [-0.15, -0.1) is 0 Å². The first kappa shape index (κ1) is 27.9. The number of nitrogens with one attached hydrogen (secondary N) is 3. The number of halogens is 3. The van der Waals surface area contributed by atoms with Crippen molar-refractivity contribution in [3.05, 3.63) is 54.0 Å². The lowest BCUT2D eigenvalue weighted by Gasteiger charge is -2.27. The summed E-state index contributed by atoms with van der Waals surface area (Å²) in [6, 6.07) is 5.55. The van der Waals surface area contributed by atoms with Crippen molar-refractivity contribution in [2.24, 2.45) is 11.3 Å². The first-order chi connectivity index (χ1) is 19.0. The van der Waals surface area contributed by atoms with Gasteiger partial charge in [0, 0.05) is 44.1 Å². The van der Waals surface area contributed by atoms with Crippen molar-refractivity contribution in [2.45, 2.75) is 52.4 Å². The molecule has 3 N–H and O–H groups in total. The van der Waals surface area contributed by atoms with Gasteiger partial charge in [-0.05, 0) is 48.4 Å². The fourth-order valence-corrected chi connectivity index (χ4v) is 5.26. The van der Waals surface area contributed by atoms with Crippen LogP contribution in [-0.4, -0.2) is 56.9 Å². The highest BCUT2D eigenvalue weighted by atomic mass is 19.4. The van der Waals surface area contributed by atoms with Gasteiger partial charge >= 0.3 is 12.2 Å². The van der Waals surface area contributed by atoms with Crippen LogP contribution in [-0.2, 0) is 12.7 Å². The number of amides is 2. The van der Waals surface area contributed by atoms with Gasteiger partial charge in [0.05, 0.1) is 29.2 Å². The second kappa shape index (κ2) is 11.1. The molecule has 0 aliphatic carbocycles. The average Bonchev–Trinajstić information content (AvgIpc) is 3.68. The van der Waals surface area contributed by atoms with Gasteiger partial charge in [-0.2, -0.15) is 18.3 Å². The monoisotopic (exact) mass is 556 g/mol. The zero-order chi connectivity index (χ0) is 28.5. The summed E-state index contributed by atoms with van der Waals surface area (Å²) in [5.41, 5.74) is 0.596. The van der Waals surface area contributed by atoms with Crippen molar-refractivity contribution in [3.63, 3.8) is 0 Å². The molecule has 2 fully saturated rings. The molecule has 40 heavy (non-hydrogen) atoms. The molecule has 5 rings (SSSR count). The number of rotatable bonds is 6. The molecular formula is C28H35F3N8O. The number of nitrogens with zero attached hydrogens (tertiary/aromatic N) is 5. The Balaban J connectivity index is 1.28. The number of alkyl halides is 3. The van der Waals surface area contributed by atoms with Crippen LogP contribution in [0, 0.1) is 11.3 Å². The summed E-state index contributed by atoms with van der Waals surface area (Å²) in [7, 11) is 0. The minimum atomic E-state index is -4.60. The van der Waals surface area contributed by atoms with E-state index >= 15 is 0 Å². The summed E-state index contributed by atoms with van der Waals surface area (Å²) in [5, 5.41) is 13.5.